The molecule has 7 nitrogen and oxygen atoms in total. The van der Waals surface area contributed by atoms with Crippen molar-refractivity contribution < 1.29 is 9.53 Å². The van der Waals surface area contributed by atoms with Crippen molar-refractivity contribution in [1.82, 2.24) is 9.97 Å². The summed E-state index contributed by atoms with van der Waals surface area (Å²) in [6.07, 6.45) is 6.97. The molecule has 0 aliphatic carbocycles. The van der Waals surface area contributed by atoms with Crippen LogP contribution < -0.4 is 15.1 Å². The second-order valence-electron chi connectivity index (χ2n) is 6.92. The normalized spacial score (nSPS) is 17.6. The average molecular weight is 367 g/mol. The van der Waals surface area contributed by atoms with Crippen LogP contribution >= 0.6 is 0 Å². The van der Waals surface area contributed by atoms with Gasteiger partial charge in [0, 0.05) is 49.9 Å². The molecular formula is C20H25N5O2. The Balaban J connectivity index is 1.36. The summed E-state index contributed by atoms with van der Waals surface area (Å²) in [6, 6.07) is 8.04. The van der Waals surface area contributed by atoms with Crippen LogP contribution in [-0.4, -0.2) is 55.3 Å². The minimum atomic E-state index is -0.200. The zero-order chi connectivity index (χ0) is 18.5. The van der Waals surface area contributed by atoms with E-state index in [1.165, 1.54) is 24.9 Å². The standard InChI is InChI=1S/C20H25N5O2/c26-19(16-14-21-20(22-15-16)25-10-12-27-13-11-25)23-17-4-6-18(7-5-17)24-8-2-1-3-9-24/h4-7,14-15H,1-3,8-13H2,(H,23,26). The molecule has 2 aromatic rings. The molecule has 4 rings (SSSR count). The maximum atomic E-state index is 12.5. The van der Waals surface area contributed by atoms with Crippen LogP contribution in [0.5, 0.6) is 0 Å². The molecule has 1 aromatic carbocycles. The Hall–Kier alpha value is -2.67. The van der Waals surface area contributed by atoms with Crippen molar-refractivity contribution in [2.75, 3.05) is 54.5 Å². The summed E-state index contributed by atoms with van der Waals surface area (Å²) in [7, 11) is 0. The van der Waals surface area contributed by atoms with Gasteiger partial charge in [-0.15, -0.1) is 0 Å². The summed E-state index contributed by atoms with van der Waals surface area (Å²) in [4.78, 5) is 25.6. The largest absolute Gasteiger partial charge is 0.378 e. The van der Waals surface area contributed by atoms with Crippen LogP contribution in [-0.2, 0) is 4.74 Å². The van der Waals surface area contributed by atoms with Gasteiger partial charge in [0.25, 0.3) is 5.91 Å². The molecule has 1 amide bonds. The van der Waals surface area contributed by atoms with E-state index < -0.39 is 0 Å². The van der Waals surface area contributed by atoms with Gasteiger partial charge in [0.1, 0.15) is 0 Å². The molecule has 2 aliphatic heterocycles. The number of nitrogens with one attached hydrogen (secondary N) is 1. The third kappa shape index (κ3) is 4.36. The number of carbonyl (C=O) groups excluding carboxylic acids is 1. The Morgan fingerprint density at radius 2 is 1.56 bits per heavy atom. The van der Waals surface area contributed by atoms with E-state index >= 15 is 0 Å². The number of nitrogens with zero attached hydrogens (tertiary/aromatic N) is 4. The molecule has 27 heavy (non-hydrogen) atoms. The molecular weight excluding hydrogens is 342 g/mol. The van der Waals surface area contributed by atoms with Gasteiger partial charge in [-0.3, -0.25) is 4.79 Å². The number of benzene rings is 1. The monoisotopic (exact) mass is 367 g/mol. The molecule has 142 valence electrons. The van der Waals surface area contributed by atoms with Crippen LogP contribution in [0.25, 0.3) is 0 Å². The second-order valence-corrected chi connectivity index (χ2v) is 6.92. The molecule has 2 saturated heterocycles. The Kier molecular flexibility index (Phi) is 5.48. The zero-order valence-electron chi connectivity index (χ0n) is 15.4. The van der Waals surface area contributed by atoms with E-state index in [0.717, 1.165) is 31.9 Å². The fourth-order valence-electron chi connectivity index (χ4n) is 3.48. The zero-order valence-corrected chi connectivity index (χ0v) is 15.4. The van der Waals surface area contributed by atoms with Gasteiger partial charge in [0.15, 0.2) is 0 Å². The highest BCUT2D eigenvalue weighted by atomic mass is 16.5. The van der Waals surface area contributed by atoms with Crippen LogP contribution in [0.3, 0.4) is 0 Å². The molecule has 0 atom stereocenters. The number of ether oxygens (including phenoxy) is 1. The van der Waals surface area contributed by atoms with Gasteiger partial charge >= 0.3 is 0 Å². The van der Waals surface area contributed by atoms with Gasteiger partial charge in [0.2, 0.25) is 5.95 Å². The first kappa shape index (κ1) is 17.7. The molecule has 0 unspecified atom stereocenters. The minimum Gasteiger partial charge on any atom is -0.378 e. The van der Waals surface area contributed by atoms with E-state index in [1.807, 2.05) is 12.1 Å². The number of hydrogen-bond donors (Lipinski definition) is 1. The van der Waals surface area contributed by atoms with Crippen LogP contribution in [0, 0.1) is 0 Å². The number of piperidine rings is 1. The molecule has 2 fully saturated rings. The van der Waals surface area contributed by atoms with E-state index in [-0.39, 0.29) is 5.91 Å². The maximum Gasteiger partial charge on any atom is 0.258 e. The summed E-state index contributed by atoms with van der Waals surface area (Å²) in [6.45, 7) is 5.12. The van der Waals surface area contributed by atoms with Crippen molar-refractivity contribution in [3.05, 3.63) is 42.2 Å². The van der Waals surface area contributed by atoms with Crippen molar-refractivity contribution in [3.63, 3.8) is 0 Å². The van der Waals surface area contributed by atoms with Crippen molar-refractivity contribution in [2.24, 2.45) is 0 Å². The summed E-state index contributed by atoms with van der Waals surface area (Å²) >= 11 is 0. The number of rotatable bonds is 4. The molecule has 0 spiro atoms. The molecule has 2 aliphatic rings. The summed E-state index contributed by atoms with van der Waals surface area (Å²) < 4.78 is 5.33. The SMILES string of the molecule is O=C(Nc1ccc(N2CCCCC2)cc1)c1cnc(N2CCOCC2)nc1. The van der Waals surface area contributed by atoms with Crippen LogP contribution in [0.1, 0.15) is 29.6 Å². The van der Waals surface area contributed by atoms with Crippen molar-refractivity contribution in [2.45, 2.75) is 19.3 Å². The summed E-state index contributed by atoms with van der Waals surface area (Å²) in [5, 5.41) is 2.92. The Bertz CT molecular complexity index is 751. The van der Waals surface area contributed by atoms with Gasteiger partial charge in [-0.1, -0.05) is 0 Å². The highest BCUT2D eigenvalue weighted by molar-refractivity contribution is 6.03. The quantitative estimate of drug-likeness (QED) is 0.896. The predicted octanol–water partition coefficient (Wildman–Crippen LogP) is 2.56. The van der Waals surface area contributed by atoms with Gasteiger partial charge in [-0.25, -0.2) is 9.97 Å². The second kappa shape index (κ2) is 8.35. The molecule has 7 heteroatoms. The topological polar surface area (TPSA) is 70.6 Å². The van der Waals surface area contributed by atoms with Gasteiger partial charge in [-0.2, -0.15) is 0 Å². The number of aromatic nitrogens is 2. The fraction of sp³-hybridized carbons (Fsp3) is 0.450. The fourth-order valence-corrected chi connectivity index (χ4v) is 3.48. The van der Waals surface area contributed by atoms with E-state index in [0.29, 0.717) is 24.7 Å². The lowest BCUT2D eigenvalue weighted by atomic mass is 10.1. The van der Waals surface area contributed by atoms with Crippen molar-refractivity contribution in [1.29, 1.82) is 0 Å². The Labute approximate surface area is 159 Å². The lowest BCUT2D eigenvalue weighted by Gasteiger charge is -2.28. The number of morpholine rings is 1. The third-order valence-electron chi connectivity index (χ3n) is 5.04. The molecule has 1 aromatic heterocycles. The molecule has 0 radical (unpaired) electrons. The number of hydrogen-bond acceptors (Lipinski definition) is 6. The lowest BCUT2D eigenvalue weighted by molar-refractivity contribution is 0.102. The molecule has 3 heterocycles. The highest BCUT2D eigenvalue weighted by Crippen LogP contribution is 2.22. The van der Waals surface area contributed by atoms with Crippen molar-refractivity contribution >= 4 is 23.2 Å². The van der Waals surface area contributed by atoms with Crippen molar-refractivity contribution in [3.8, 4) is 0 Å². The average Bonchev–Trinajstić information content (AvgIpc) is 2.76. The first-order chi connectivity index (χ1) is 13.3. The van der Waals surface area contributed by atoms with Gasteiger partial charge < -0.3 is 19.9 Å². The number of amides is 1. The van der Waals surface area contributed by atoms with Crippen LogP contribution in [0.2, 0.25) is 0 Å². The Morgan fingerprint density at radius 3 is 2.22 bits per heavy atom. The van der Waals surface area contributed by atoms with E-state index in [2.05, 4.69) is 37.2 Å². The van der Waals surface area contributed by atoms with E-state index in [9.17, 15) is 4.79 Å². The predicted molar refractivity (Wildman–Crippen MR) is 106 cm³/mol. The van der Waals surface area contributed by atoms with E-state index in [1.54, 1.807) is 12.4 Å². The number of carbonyl (C=O) groups is 1. The first-order valence-electron chi connectivity index (χ1n) is 9.61. The van der Waals surface area contributed by atoms with Crippen LogP contribution in [0.4, 0.5) is 17.3 Å². The molecule has 1 N–H and O–H groups in total. The lowest BCUT2D eigenvalue weighted by Crippen LogP contribution is -2.37. The smallest absolute Gasteiger partial charge is 0.258 e. The Morgan fingerprint density at radius 1 is 0.889 bits per heavy atom. The maximum absolute atomic E-state index is 12.5. The summed E-state index contributed by atoms with van der Waals surface area (Å²) in [5.74, 6) is 0.440. The van der Waals surface area contributed by atoms with Gasteiger partial charge in [0.05, 0.1) is 18.8 Å². The molecule has 0 bridgehead atoms. The van der Waals surface area contributed by atoms with E-state index in [4.69, 9.17) is 4.74 Å². The number of anilines is 3. The summed E-state index contributed by atoms with van der Waals surface area (Å²) in [5.41, 5.74) is 2.44. The molecule has 0 saturated carbocycles. The third-order valence-corrected chi connectivity index (χ3v) is 5.04. The first-order valence-corrected chi connectivity index (χ1v) is 9.61. The highest BCUT2D eigenvalue weighted by Gasteiger charge is 2.15. The minimum absolute atomic E-state index is 0.200. The van der Waals surface area contributed by atoms with Crippen LogP contribution in [0.15, 0.2) is 36.7 Å². The van der Waals surface area contributed by atoms with Gasteiger partial charge in [-0.05, 0) is 43.5 Å².